The largest absolute Gasteiger partial charge is 0.368 e. The lowest BCUT2D eigenvalue weighted by Crippen LogP contribution is -2.46. The Morgan fingerprint density at radius 3 is 2.44 bits per heavy atom. The Morgan fingerprint density at radius 2 is 1.75 bits per heavy atom. The van der Waals surface area contributed by atoms with Crippen LogP contribution in [0.2, 0.25) is 0 Å². The van der Waals surface area contributed by atoms with Crippen molar-refractivity contribution in [2.75, 3.05) is 62.2 Å². The monoisotopic (exact) mass is 452 g/mol. The van der Waals surface area contributed by atoms with E-state index in [4.69, 9.17) is 0 Å². The number of anilines is 2. The van der Waals surface area contributed by atoms with Gasteiger partial charge in [-0.3, -0.25) is 4.79 Å². The number of hydrogen-bond donors (Lipinski definition) is 1. The summed E-state index contributed by atoms with van der Waals surface area (Å²) in [5.41, 5.74) is 2.24. The quantitative estimate of drug-likeness (QED) is 0.565. The van der Waals surface area contributed by atoms with E-state index in [0.29, 0.717) is 6.54 Å². The molecule has 0 spiro atoms. The fourth-order valence-corrected chi connectivity index (χ4v) is 5.33. The molecule has 0 unspecified atom stereocenters. The van der Waals surface area contributed by atoms with Crippen LogP contribution in [0.5, 0.6) is 0 Å². The number of rotatable bonds is 8. The van der Waals surface area contributed by atoms with E-state index in [-0.39, 0.29) is 5.91 Å². The molecule has 1 amide bonds. The fraction of sp³-hybridized carbons (Fsp3) is 0.458. The molecule has 4 rings (SSSR count). The molecule has 2 aromatic heterocycles. The van der Waals surface area contributed by atoms with Crippen LogP contribution in [0.4, 0.5) is 11.5 Å². The first-order chi connectivity index (χ1) is 15.6. The number of carbonyl (C=O) groups is 1. The number of fused-ring (bicyclic) bond motifs is 1. The maximum absolute atomic E-state index is 12.9. The standard InChI is InChI=1S/C24H32N6OS/c1-4-28(5-2)12-11-25-23(31)21-18(3)20-22(26-17-27-24(20)32-21)30-15-13-29(14-16-30)19-9-7-6-8-10-19/h6-10,17H,4-5,11-16H2,1-3H3,(H,25,31). The van der Waals surface area contributed by atoms with E-state index in [1.807, 2.05) is 13.0 Å². The highest BCUT2D eigenvalue weighted by Gasteiger charge is 2.24. The first kappa shape index (κ1) is 22.5. The second-order valence-corrected chi connectivity index (χ2v) is 9.03. The number of aromatic nitrogens is 2. The SMILES string of the molecule is CCN(CC)CCNC(=O)c1sc2ncnc(N3CCN(c4ccccc4)CC3)c2c1C. The number of nitrogens with one attached hydrogen (secondary N) is 1. The highest BCUT2D eigenvalue weighted by Crippen LogP contribution is 2.35. The summed E-state index contributed by atoms with van der Waals surface area (Å²) in [6.07, 6.45) is 1.62. The van der Waals surface area contributed by atoms with E-state index in [2.05, 4.69) is 68.1 Å². The molecule has 0 atom stereocenters. The van der Waals surface area contributed by atoms with Gasteiger partial charge in [-0.15, -0.1) is 11.3 Å². The normalized spacial score (nSPS) is 14.4. The molecule has 0 bridgehead atoms. The number of likely N-dealkylation sites (N-methyl/N-ethyl adjacent to an activating group) is 1. The third kappa shape index (κ3) is 4.71. The molecule has 0 saturated carbocycles. The summed E-state index contributed by atoms with van der Waals surface area (Å²) in [6.45, 7) is 13.5. The molecule has 3 heterocycles. The van der Waals surface area contributed by atoms with Crippen LogP contribution in [-0.4, -0.2) is 73.1 Å². The van der Waals surface area contributed by atoms with Crippen molar-refractivity contribution in [1.82, 2.24) is 20.2 Å². The zero-order valence-corrected chi connectivity index (χ0v) is 20.0. The van der Waals surface area contributed by atoms with E-state index in [1.165, 1.54) is 17.0 Å². The zero-order chi connectivity index (χ0) is 22.5. The smallest absolute Gasteiger partial charge is 0.261 e. The molecule has 1 aliphatic rings. The van der Waals surface area contributed by atoms with E-state index in [1.54, 1.807) is 6.33 Å². The molecule has 1 fully saturated rings. The molecule has 1 saturated heterocycles. The van der Waals surface area contributed by atoms with Crippen LogP contribution in [0.25, 0.3) is 10.2 Å². The van der Waals surface area contributed by atoms with Gasteiger partial charge in [0.2, 0.25) is 0 Å². The first-order valence-corrected chi connectivity index (χ1v) is 12.2. The lowest BCUT2D eigenvalue weighted by atomic mass is 10.1. The maximum Gasteiger partial charge on any atom is 0.261 e. The van der Waals surface area contributed by atoms with Crippen molar-refractivity contribution in [3.63, 3.8) is 0 Å². The molecule has 8 heteroatoms. The summed E-state index contributed by atoms with van der Waals surface area (Å²) in [7, 11) is 0. The van der Waals surface area contributed by atoms with Gasteiger partial charge in [-0.05, 0) is 37.7 Å². The van der Waals surface area contributed by atoms with Crippen molar-refractivity contribution in [3.05, 3.63) is 47.1 Å². The van der Waals surface area contributed by atoms with Gasteiger partial charge in [0.05, 0.1) is 10.3 Å². The summed E-state index contributed by atoms with van der Waals surface area (Å²) >= 11 is 1.46. The molecular formula is C24H32N6OS. The summed E-state index contributed by atoms with van der Waals surface area (Å²) in [6, 6.07) is 10.5. The zero-order valence-electron chi connectivity index (χ0n) is 19.2. The van der Waals surface area contributed by atoms with Gasteiger partial charge >= 0.3 is 0 Å². The van der Waals surface area contributed by atoms with Crippen molar-refractivity contribution < 1.29 is 4.79 Å². The fourth-order valence-electron chi connectivity index (χ4n) is 4.27. The Bertz CT molecular complexity index is 1040. The van der Waals surface area contributed by atoms with Gasteiger partial charge in [-0.1, -0.05) is 32.0 Å². The average molecular weight is 453 g/mol. The highest BCUT2D eigenvalue weighted by atomic mass is 32.1. The number of para-hydroxylation sites is 1. The third-order valence-electron chi connectivity index (χ3n) is 6.22. The van der Waals surface area contributed by atoms with E-state index in [9.17, 15) is 4.79 Å². The molecule has 1 aliphatic heterocycles. The Kier molecular flexibility index (Phi) is 7.22. The molecule has 7 nitrogen and oxygen atoms in total. The third-order valence-corrected chi connectivity index (χ3v) is 7.42. The van der Waals surface area contributed by atoms with Crippen molar-refractivity contribution in [3.8, 4) is 0 Å². The molecule has 0 radical (unpaired) electrons. The van der Waals surface area contributed by atoms with Gasteiger partial charge < -0.3 is 20.0 Å². The van der Waals surface area contributed by atoms with Gasteiger partial charge in [0.15, 0.2) is 0 Å². The van der Waals surface area contributed by atoms with Crippen molar-refractivity contribution >= 4 is 39.0 Å². The van der Waals surface area contributed by atoms with Crippen LogP contribution in [0.3, 0.4) is 0 Å². The summed E-state index contributed by atoms with van der Waals surface area (Å²) in [4.78, 5) is 30.7. The van der Waals surface area contributed by atoms with Crippen LogP contribution in [-0.2, 0) is 0 Å². The van der Waals surface area contributed by atoms with Crippen LogP contribution in [0.15, 0.2) is 36.7 Å². The predicted molar refractivity (Wildman–Crippen MR) is 133 cm³/mol. The van der Waals surface area contributed by atoms with Gasteiger partial charge in [-0.25, -0.2) is 9.97 Å². The minimum Gasteiger partial charge on any atom is -0.368 e. The van der Waals surface area contributed by atoms with Crippen LogP contribution in [0, 0.1) is 6.92 Å². The lowest BCUT2D eigenvalue weighted by Gasteiger charge is -2.37. The number of carbonyl (C=O) groups excluding carboxylic acids is 1. The summed E-state index contributed by atoms with van der Waals surface area (Å²) in [5.74, 6) is 0.927. The minimum absolute atomic E-state index is 0.0162. The number of aryl methyl sites for hydroxylation is 1. The number of nitrogens with zero attached hydrogens (tertiary/aromatic N) is 5. The Morgan fingerprint density at radius 1 is 1.06 bits per heavy atom. The summed E-state index contributed by atoms with van der Waals surface area (Å²) in [5, 5.41) is 4.10. The summed E-state index contributed by atoms with van der Waals surface area (Å²) < 4.78 is 0. The number of thiophene rings is 1. The topological polar surface area (TPSA) is 64.6 Å². The van der Waals surface area contributed by atoms with Crippen molar-refractivity contribution in [2.24, 2.45) is 0 Å². The predicted octanol–water partition coefficient (Wildman–Crippen LogP) is 3.40. The molecular weight excluding hydrogens is 420 g/mol. The van der Waals surface area contributed by atoms with Crippen molar-refractivity contribution in [1.29, 1.82) is 0 Å². The molecule has 0 aliphatic carbocycles. The average Bonchev–Trinajstić information content (AvgIpc) is 3.19. The van der Waals surface area contributed by atoms with Crippen LogP contribution in [0.1, 0.15) is 29.1 Å². The van der Waals surface area contributed by atoms with Crippen LogP contribution < -0.4 is 15.1 Å². The molecule has 1 aromatic carbocycles. The second-order valence-electron chi connectivity index (χ2n) is 8.03. The van der Waals surface area contributed by atoms with Gasteiger partial charge in [-0.2, -0.15) is 0 Å². The minimum atomic E-state index is -0.0162. The van der Waals surface area contributed by atoms with E-state index in [0.717, 1.165) is 72.3 Å². The Balaban J connectivity index is 1.48. The Labute approximate surface area is 194 Å². The molecule has 170 valence electrons. The molecule has 32 heavy (non-hydrogen) atoms. The highest BCUT2D eigenvalue weighted by molar-refractivity contribution is 7.20. The van der Waals surface area contributed by atoms with Crippen molar-refractivity contribution in [2.45, 2.75) is 20.8 Å². The molecule has 3 aromatic rings. The molecule has 1 N–H and O–H groups in total. The number of amides is 1. The first-order valence-electron chi connectivity index (χ1n) is 11.4. The Hall–Kier alpha value is -2.71. The second kappa shape index (κ2) is 10.3. The van der Waals surface area contributed by atoms with Crippen LogP contribution >= 0.6 is 11.3 Å². The van der Waals surface area contributed by atoms with Gasteiger partial charge in [0.1, 0.15) is 17.0 Å². The maximum atomic E-state index is 12.9. The van der Waals surface area contributed by atoms with Gasteiger partial charge in [0.25, 0.3) is 5.91 Å². The van der Waals surface area contributed by atoms with Gasteiger partial charge in [0, 0.05) is 45.0 Å². The number of benzene rings is 1. The lowest BCUT2D eigenvalue weighted by molar-refractivity contribution is 0.0952. The van der Waals surface area contributed by atoms with E-state index >= 15 is 0 Å². The number of hydrogen-bond acceptors (Lipinski definition) is 7. The number of piperazine rings is 1. The van der Waals surface area contributed by atoms with E-state index < -0.39 is 0 Å².